The van der Waals surface area contributed by atoms with Gasteiger partial charge in [-0.1, -0.05) is 23.8 Å². The zero-order valence-electron chi connectivity index (χ0n) is 17.9. The van der Waals surface area contributed by atoms with Crippen molar-refractivity contribution in [2.45, 2.75) is 32.9 Å². The highest BCUT2D eigenvalue weighted by atomic mass is 127. The van der Waals surface area contributed by atoms with Crippen LogP contribution in [0, 0.1) is 6.92 Å². The van der Waals surface area contributed by atoms with Crippen molar-refractivity contribution < 1.29 is 0 Å². The highest BCUT2D eigenvalue weighted by Gasteiger charge is 2.23. The average Bonchev–Trinajstić information content (AvgIpc) is 3.15. The van der Waals surface area contributed by atoms with E-state index in [9.17, 15) is 0 Å². The first-order valence-electron chi connectivity index (χ1n) is 10.0. The van der Waals surface area contributed by atoms with Crippen molar-refractivity contribution in [2.75, 3.05) is 43.5 Å². The number of hydrogen-bond acceptors (Lipinski definition) is 4. The number of nitrogens with one attached hydrogen (secondary N) is 2. The number of benzene rings is 1. The maximum atomic E-state index is 4.81. The van der Waals surface area contributed by atoms with Crippen molar-refractivity contribution in [2.24, 2.45) is 4.99 Å². The van der Waals surface area contributed by atoms with Gasteiger partial charge in [-0.15, -0.1) is 24.0 Å². The van der Waals surface area contributed by atoms with Gasteiger partial charge >= 0.3 is 0 Å². The summed E-state index contributed by atoms with van der Waals surface area (Å²) < 4.78 is 0. The zero-order valence-corrected chi connectivity index (χ0v) is 20.2. The second-order valence-electron chi connectivity index (χ2n) is 7.49. The molecule has 0 amide bonds. The molecule has 1 aromatic carbocycles. The molecule has 0 bridgehead atoms. The molecular formula is C22H33IN6. The lowest BCUT2D eigenvalue weighted by Gasteiger charge is -2.21. The lowest BCUT2D eigenvalue weighted by molar-refractivity contribution is 0.649. The highest BCUT2D eigenvalue weighted by molar-refractivity contribution is 14.0. The third kappa shape index (κ3) is 6.48. The van der Waals surface area contributed by atoms with Gasteiger partial charge in [0.1, 0.15) is 5.82 Å². The van der Waals surface area contributed by atoms with Crippen LogP contribution in [0.2, 0.25) is 0 Å². The van der Waals surface area contributed by atoms with E-state index in [1.807, 2.05) is 31.3 Å². The van der Waals surface area contributed by atoms with E-state index in [4.69, 9.17) is 4.99 Å². The van der Waals surface area contributed by atoms with Crippen LogP contribution in [0.4, 0.5) is 11.5 Å². The Morgan fingerprint density at radius 2 is 2.00 bits per heavy atom. The minimum atomic E-state index is 0. The van der Waals surface area contributed by atoms with Crippen molar-refractivity contribution in [3.8, 4) is 0 Å². The van der Waals surface area contributed by atoms with Gasteiger partial charge in [0.25, 0.3) is 0 Å². The van der Waals surface area contributed by atoms with E-state index in [0.29, 0.717) is 12.6 Å². The van der Waals surface area contributed by atoms with E-state index in [1.165, 1.54) is 11.3 Å². The van der Waals surface area contributed by atoms with E-state index >= 15 is 0 Å². The summed E-state index contributed by atoms with van der Waals surface area (Å²) in [6.45, 7) is 7.72. The highest BCUT2D eigenvalue weighted by Crippen LogP contribution is 2.21. The van der Waals surface area contributed by atoms with Crippen LogP contribution < -0.4 is 20.4 Å². The van der Waals surface area contributed by atoms with Crippen molar-refractivity contribution >= 4 is 41.4 Å². The second-order valence-corrected chi connectivity index (χ2v) is 7.49. The molecule has 158 valence electrons. The van der Waals surface area contributed by atoms with Crippen molar-refractivity contribution in [3.05, 3.63) is 53.7 Å². The molecule has 3 rings (SSSR count). The Morgan fingerprint density at radius 3 is 2.69 bits per heavy atom. The normalized spacial score (nSPS) is 16.3. The van der Waals surface area contributed by atoms with E-state index in [2.05, 4.69) is 64.7 Å². The number of aromatic nitrogens is 1. The van der Waals surface area contributed by atoms with Gasteiger partial charge in [-0.05, 0) is 38.5 Å². The van der Waals surface area contributed by atoms with Gasteiger partial charge in [0.05, 0.1) is 6.54 Å². The maximum absolute atomic E-state index is 4.81. The monoisotopic (exact) mass is 508 g/mol. The molecular weight excluding hydrogens is 475 g/mol. The number of guanidine groups is 1. The first-order valence-corrected chi connectivity index (χ1v) is 10.0. The number of halogens is 1. The van der Waals surface area contributed by atoms with Gasteiger partial charge in [0.2, 0.25) is 0 Å². The SMILES string of the molecule is CCNC(=NCc1cccnc1N(C)C)NC1CCN(c2ccc(C)cc2)C1.I. The number of aliphatic imine (C=N–C) groups is 1. The van der Waals surface area contributed by atoms with Crippen LogP contribution in [0.3, 0.4) is 0 Å². The number of nitrogens with zero attached hydrogens (tertiary/aromatic N) is 4. The molecule has 1 aliphatic heterocycles. The van der Waals surface area contributed by atoms with E-state index in [1.54, 1.807) is 0 Å². The Labute approximate surface area is 191 Å². The van der Waals surface area contributed by atoms with Crippen LogP contribution in [-0.4, -0.2) is 50.7 Å². The van der Waals surface area contributed by atoms with Gasteiger partial charge < -0.3 is 20.4 Å². The summed E-state index contributed by atoms with van der Waals surface area (Å²) >= 11 is 0. The lowest BCUT2D eigenvalue weighted by Crippen LogP contribution is -2.44. The third-order valence-electron chi connectivity index (χ3n) is 4.97. The lowest BCUT2D eigenvalue weighted by atomic mass is 10.2. The molecule has 0 saturated carbocycles. The van der Waals surface area contributed by atoms with Gasteiger partial charge in [0.15, 0.2) is 5.96 Å². The fourth-order valence-electron chi connectivity index (χ4n) is 3.50. The largest absolute Gasteiger partial charge is 0.369 e. The Kier molecular flexibility index (Phi) is 9.00. The second kappa shape index (κ2) is 11.2. The first-order chi connectivity index (χ1) is 13.6. The molecule has 1 fully saturated rings. The standard InChI is InChI=1S/C22H32N6.HI/c1-5-23-22(25-15-18-7-6-13-24-21(18)27(3)4)26-19-12-14-28(16-19)20-10-8-17(2)9-11-20;/h6-11,13,19H,5,12,14-16H2,1-4H3,(H2,23,25,26);1H. The molecule has 7 heteroatoms. The summed E-state index contributed by atoms with van der Waals surface area (Å²) in [4.78, 5) is 13.7. The van der Waals surface area contributed by atoms with Crippen LogP contribution in [0.25, 0.3) is 0 Å². The quantitative estimate of drug-likeness (QED) is 0.356. The van der Waals surface area contributed by atoms with Crippen LogP contribution in [0.15, 0.2) is 47.6 Å². The summed E-state index contributed by atoms with van der Waals surface area (Å²) in [6, 6.07) is 13.2. The zero-order chi connectivity index (χ0) is 19.9. The van der Waals surface area contributed by atoms with Gasteiger partial charge in [-0.2, -0.15) is 0 Å². The van der Waals surface area contributed by atoms with Crippen molar-refractivity contribution in [1.82, 2.24) is 15.6 Å². The Bertz CT molecular complexity index is 790. The van der Waals surface area contributed by atoms with E-state index < -0.39 is 0 Å². The van der Waals surface area contributed by atoms with Crippen molar-refractivity contribution in [1.29, 1.82) is 0 Å². The van der Waals surface area contributed by atoms with E-state index in [-0.39, 0.29) is 24.0 Å². The number of pyridine rings is 1. The molecule has 2 heterocycles. The molecule has 0 aliphatic carbocycles. The third-order valence-corrected chi connectivity index (χ3v) is 4.97. The van der Waals surface area contributed by atoms with Gasteiger partial charge in [-0.25, -0.2) is 9.98 Å². The van der Waals surface area contributed by atoms with Crippen LogP contribution in [-0.2, 0) is 6.54 Å². The predicted octanol–water partition coefficient (Wildman–Crippen LogP) is 3.41. The smallest absolute Gasteiger partial charge is 0.191 e. The summed E-state index contributed by atoms with van der Waals surface area (Å²) in [6.07, 6.45) is 2.93. The van der Waals surface area contributed by atoms with Crippen LogP contribution >= 0.6 is 24.0 Å². The topological polar surface area (TPSA) is 55.8 Å². The summed E-state index contributed by atoms with van der Waals surface area (Å²) in [5, 5.41) is 6.99. The summed E-state index contributed by atoms with van der Waals surface area (Å²) in [5.41, 5.74) is 3.71. The molecule has 1 saturated heterocycles. The van der Waals surface area contributed by atoms with E-state index in [0.717, 1.165) is 43.4 Å². The molecule has 0 radical (unpaired) electrons. The molecule has 1 atom stereocenters. The Hall–Kier alpha value is -2.03. The molecule has 29 heavy (non-hydrogen) atoms. The number of anilines is 2. The first kappa shape index (κ1) is 23.3. The molecule has 1 unspecified atom stereocenters. The molecule has 1 aromatic heterocycles. The average molecular weight is 508 g/mol. The minimum Gasteiger partial charge on any atom is -0.369 e. The molecule has 6 nitrogen and oxygen atoms in total. The maximum Gasteiger partial charge on any atom is 0.191 e. The molecule has 2 N–H and O–H groups in total. The number of rotatable bonds is 6. The Morgan fingerprint density at radius 1 is 1.24 bits per heavy atom. The number of aryl methyl sites for hydroxylation is 1. The molecule has 1 aliphatic rings. The molecule has 2 aromatic rings. The summed E-state index contributed by atoms with van der Waals surface area (Å²) in [5.74, 6) is 1.83. The fraction of sp³-hybridized carbons (Fsp3) is 0.455. The van der Waals surface area contributed by atoms with Gasteiger partial charge in [-0.3, -0.25) is 0 Å². The predicted molar refractivity (Wildman–Crippen MR) is 134 cm³/mol. The van der Waals surface area contributed by atoms with Crippen LogP contribution in [0.5, 0.6) is 0 Å². The fourth-order valence-corrected chi connectivity index (χ4v) is 3.50. The number of hydrogen-bond donors (Lipinski definition) is 2. The van der Waals surface area contributed by atoms with Gasteiger partial charge in [0, 0.05) is 57.2 Å². The Balaban J connectivity index is 0.00000300. The molecule has 0 spiro atoms. The summed E-state index contributed by atoms with van der Waals surface area (Å²) in [7, 11) is 4.02. The van der Waals surface area contributed by atoms with Crippen molar-refractivity contribution in [3.63, 3.8) is 0 Å². The van der Waals surface area contributed by atoms with Crippen LogP contribution in [0.1, 0.15) is 24.5 Å². The minimum absolute atomic E-state index is 0.